The van der Waals surface area contributed by atoms with Crippen LogP contribution >= 0.6 is 0 Å². The van der Waals surface area contributed by atoms with E-state index in [4.69, 9.17) is 9.47 Å². The van der Waals surface area contributed by atoms with Gasteiger partial charge >= 0.3 is 59.1 Å². The van der Waals surface area contributed by atoms with Gasteiger partial charge in [0.25, 0.3) is 0 Å². The maximum absolute atomic E-state index is 12.5. The van der Waals surface area contributed by atoms with Gasteiger partial charge in [-0.3, -0.25) is 4.79 Å². The van der Waals surface area contributed by atoms with Gasteiger partial charge in [0, 0.05) is 44.3 Å². The van der Waals surface area contributed by atoms with E-state index in [1.165, 1.54) is 4.90 Å². The van der Waals surface area contributed by atoms with Crippen LogP contribution in [0.1, 0.15) is 39.5 Å². The summed E-state index contributed by atoms with van der Waals surface area (Å²) in [6.45, 7) is 4.55. The van der Waals surface area contributed by atoms with Gasteiger partial charge in [-0.25, -0.2) is 16.8 Å². The van der Waals surface area contributed by atoms with E-state index in [-0.39, 0.29) is 110 Å². The number of carbonyl (C=O) groups excluding carboxylic acids is 1. The van der Waals surface area contributed by atoms with Crippen molar-refractivity contribution in [1.82, 2.24) is 4.90 Å². The van der Waals surface area contributed by atoms with E-state index in [0.29, 0.717) is 19.6 Å². The van der Waals surface area contributed by atoms with Gasteiger partial charge in [-0.05, 0) is 39.0 Å². The molecule has 0 N–H and O–H groups in total. The maximum atomic E-state index is 12.5. The summed E-state index contributed by atoms with van der Waals surface area (Å²) in [6, 6.07) is 0. The Kier molecular flexibility index (Phi) is 22.5. The van der Waals surface area contributed by atoms with Gasteiger partial charge in [-0.15, -0.1) is 0 Å². The first kappa shape index (κ1) is 34.8. The molecule has 1 atom stereocenters. The van der Waals surface area contributed by atoms with Crippen LogP contribution in [-0.2, 0) is 34.5 Å². The minimum absolute atomic E-state index is 0. The number of hydrogen-bond acceptors (Lipinski definition) is 9. The molecule has 0 saturated heterocycles. The summed E-state index contributed by atoms with van der Waals surface area (Å²) in [5.41, 5.74) is 0. The molecule has 14 heteroatoms. The molecule has 0 aliphatic carbocycles. The van der Waals surface area contributed by atoms with Crippen LogP contribution in [0.5, 0.6) is 0 Å². The molecule has 1 unspecified atom stereocenters. The topological polar surface area (TPSA) is 153 Å². The summed E-state index contributed by atoms with van der Waals surface area (Å²) in [4.78, 5) is 13.8. The van der Waals surface area contributed by atoms with E-state index >= 15 is 0 Å². The van der Waals surface area contributed by atoms with Gasteiger partial charge in [0.2, 0.25) is 5.91 Å². The van der Waals surface area contributed by atoms with Crippen LogP contribution in [0.4, 0.5) is 0 Å². The standard InChI is InChI=1S/C15H31NO9S2.2Na/c1-3-24-12-14(7-5-9-26(18,19)20)11-15(17)16(13-25-4-2)8-6-10-27(21,22)23;;/h14H,3-13H2,1-2H3,(H,18,19,20)(H,21,22,23);;/q;2*+1/p-2. The third-order valence-electron chi connectivity index (χ3n) is 3.65. The zero-order chi connectivity index (χ0) is 20.9. The molecule has 0 aromatic rings. The molecule has 10 nitrogen and oxygen atoms in total. The number of ether oxygens (including phenoxy) is 2. The van der Waals surface area contributed by atoms with Gasteiger partial charge < -0.3 is 23.5 Å². The van der Waals surface area contributed by atoms with Gasteiger partial charge in [-0.1, -0.05) is 0 Å². The zero-order valence-electron chi connectivity index (χ0n) is 17.8. The molecule has 0 aromatic heterocycles. The third kappa shape index (κ3) is 22.2. The summed E-state index contributed by atoms with van der Waals surface area (Å²) in [7, 11) is -8.68. The Labute approximate surface area is 218 Å². The van der Waals surface area contributed by atoms with Crippen LogP contribution in [0.25, 0.3) is 0 Å². The van der Waals surface area contributed by atoms with Crippen LogP contribution in [0.3, 0.4) is 0 Å². The van der Waals surface area contributed by atoms with Crippen molar-refractivity contribution in [3.63, 3.8) is 0 Å². The molecule has 0 aromatic carbocycles. The molecule has 0 aliphatic rings. The molecule has 0 radical (unpaired) electrons. The van der Waals surface area contributed by atoms with Gasteiger partial charge in [0.15, 0.2) is 0 Å². The van der Waals surface area contributed by atoms with Gasteiger partial charge in [0.05, 0.1) is 20.2 Å². The second kappa shape index (κ2) is 18.8. The van der Waals surface area contributed by atoms with Crippen molar-refractivity contribution in [2.75, 3.05) is 44.6 Å². The molecule has 1 amide bonds. The minimum Gasteiger partial charge on any atom is -0.748 e. The normalized spacial score (nSPS) is 12.6. The van der Waals surface area contributed by atoms with E-state index < -0.39 is 31.7 Å². The Morgan fingerprint density at radius 1 is 0.931 bits per heavy atom. The van der Waals surface area contributed by atoms with Crippen LogP contribution in [0, 0.1) is 5.92 Å². The Bertz CT molecular complexity index is 630. The van der Waals surface area contributed by atoms with Crippen molar-refractivity contribution in [3.05, 3.63) is 0 Å². The largest absolute Gasteiger partial charge is 1.00 e. The van der Waals surface area contributed by atoms with E-state index in [0.717, 1.165) is 0 Å². The Morgan fingerprint density at radius 3 is 1.93 bits per heavy atom. The molecule has 0 rings (SSSR count). The monoisotopic (exact) mass is 477 g/mol. The fourth-order valence-electron chi connectivity index (χ4n) is 2.35. The first-order chi connectivity index (χ1) is 12.5. The molecular formula is C15H29NNa2O9S2. The average Bonchev–Trinajstić information content (AvgIpc) is 2.53. The molecule has 0 heterocycles. The van der Waals surface area contributed by atoms with Crippen LogP contribution in [-0.4, -0.2) is 81.4 Å². The average molecular weight is 478 g/mol. The summed E-state index contributed by atoms with van der Waals surface area (Å²) in [5, 5.41) is 0. The van der Waals surface area contributed by atoms with Gasteiger partial charge in [0.1, 0.15) is 6.73 Å². The van der Waals surface area contributed by atoms with Crippen molar-refractivity contribution in [3.8, 4) is 0 Å². The first-order valence-electron chi connectivity index (χ1n) is 8.78. The number of rotatable bonds is 16. The third-order valence-corrected chi connectivity index (χ3v) is 5.23. The smallest absolute Gasteiger partial charge is 0.748 e. The summed E-state index contributed by atoms with van der Waals surface area (Å²) in [5.74, 6) is -1.69. The summed E-state index contributed by atoms with van der Waals surface area (Å²) >= 11 is 0. The molecule has 0 spiro atoms. The molecule has 29 heavy (non-hydrogen) atoms. The second-order valence-electron chi connectivity index (χ2n) is 6.03. The SMILES string of the molecule is CCOCC(CCCS(=O)(=O)[O-])CC(=O)N(CCCS(=O)(=O)[O-])COCC.[Na+].[Na+]. The Morgan fingerprint density at radius 2 is 1.45 bits per heavy atom. The van der Waals surface area contributed by atoms with Crippen LogP contribution in [0.2, 0.25) is 0 Å². The van der Waals surface area contributed by atoms with Crippen molar-refractivity contribution >= 4 is 26.1 Å². The van der Waals surface area contributed by atoms with Crippen molar-refractivity contribution < 1.29 is 99.3 Å². The first-order valence-corrected chi connectivity index (χ1v) is 11.9. The molecule has 0 fully saturated rings. The van der Waals surface area contributed by atoms with E-state index in [1.807, 2.05) is 0 Å². The van der Waals surface area contributed by atoms with Crippen LogP contribution in [0.15, 0.2) is 0 Å². The predicted octanol–water partition coefficient (Wildman–Crippen LogP) is -5.88. The van der Waals surface area contributed by atoms with Crippen molar-refractivity contribution in [2.45, 2.75) is 39.5 Å². The molecule has 162 valence electrons. The Balaban J connectivity index is -0.00000338. The molecule has 0 aliphatic heterocycles. The molecule has 0 bridgehead atoms. The van der Waals surface area contributed by atoms with Crippen molar-refractivity contribution in [1.29, 1.82) is 0 Å². The fraction of sp³-hybridized carbons (Fsp3) is 0.933. The predicted molar refractivity (Wildman–Crippen MR) is 95.8 cm³/mol. The maximum Gasteiger partial charge on any atom is 1.00 e. The number of hydrogen-bond donors (Lipinski definition) is 0. The fourth-order valence-corrected chi connectivity index (χ4v) is 3.35. The number of carbonyl (C=O) groups is 1. The molecular weight excluding hydrogens is 448 g/mol. The number of amides is 1. The molecule has 0 saturated carbocycles. The van der Waals surface area contributed by atoms with Crippen LogP contribution < -0.4 is 59.1 Å². The van der Waals surface area contributed by atoms with E-state index in [9.17, 15) is 30.7 Å². The van der Waals surface area contributed by atoms with E-state index in [1.54, 1.807) is 13.8 Å². The Hall–Kier alpha value is 1.21. The van der Waals surface area contributed by atoms with E-state index in [2.05, 4.69) is 0 Å². The summed E-state index contributed by atoms with van der Waals surface area (Å²) in [6.07, 6.45) is 0.479. The zero-order valence-corrected chi connectivity index (χ0v) is 23.4. The number of nitrogens with zero attached hydrogens (tertiary/aromatic N) is 1. The summed E-state index contributed by atoms with van der Waals surface area (Å²) < 4.78 is 74.8. The minimum atomic E-state index is -4.36. The second-order valence-corrected chi connectivity index (χ2v) is 9.08. The van der Waals surface area contributed by atoms with Gasteiger partial charge in [-0.2, -0.15) is 0 Å². The quantitative estimate of drug-likeness (QED) is 0.120. The van der Waals surface area contributed by atoms with Crippen molar-refractivity contribution in [2.24, 2.45) is 5.92 Å².